The number of methoxy groups -OCH3 is 1. The highest BCUT2D eigenvalue weighted by molar-refractivity contribution is 7.98. The maximum atomic E-state index is 14.8. The highest BCUT2D eigenvalue weighted by Crippen LogP contribution is 2.32. The van der Waals surface area contributed by atoms with Crippen LogP contribution in [0.25, 0.3) is 22.0 Å². The lowest BCUT2D eigenvalue weighted by Gasteiger charge is -2.39. The number of ether oxygens (including phenoxy) is 1. The summed E-state index contributed by atoms with van der Waals surface area (Å²) >= 11 is 0.832. The minimum Gasteiger partial charge on any atom is -0.383 e. The molecule has 0 bridgehead atoms. The van der Waals surface area contributed by atoms with Crippen molar-refractivity contribution < 1.29 is 37.0 Å². The molecule has 0 spiro atoms. The molecule has 0 radical (unpaired) electrons. The molecule has 0 N–H and O–H groups in total. The van der Waals surface area contributed by atoms with Gasteiger partial charge in [-0.05, 0) is 72.3 Å². The second kappa shape index (κ2) is 16.7. The number of hydrogen-bond acceptors (Lipinski definition) is 5. The van der Waals surface area contributed by atoms with E-state index < -0.39 is 53.3 Å². The van der Waals surface area contributed by atoms with E-state index in [0.29, 0.717) is 50.2 Å². The maximum absolute atomic E-state index is 14.8. The summed E-state index contributed by atoms with van der Waals surface area (Å²) in [5, 5.41) is -0.434. The zero-order valence-electron chi connectivity index (χ0n) is 33.2. The second-order valence-electron chi connectivity index (χ2n) is 12.9. The average molecular weight is 754 g/mol. The number of alkyl halides is 3. The molecular formula is C41H40F5N3O3S. The monoisotopic (exact) mass is 753 g/mol. The van der Waals surface area contributed by atoms with E-state index >= 15 is 0 Å². The average Bonchev–Trinajstić information content (AvgIpc) is 3.20. The van der Waals surface area contributed by atoms with Crippen LogP contribution in [0.4, 0.5) is 22.0 Å². The molecule has 5 aromatic rings. The van der Waals surface area contributed by atoms with Crippen LogP contribution in [0.3, 0.4) is 0 Å². The number of hydrogen-bond donors (Lipinski definition) is 0. The number of carbonyl (C=O) groups is 1. The first-order chi connectivity index (χ1) is 27.1. The number of carbonyl (C=O) groups excluding carboxylic acids is 1. The maximum Gasteiger partial charge on any atom is 0.416 e. The van der Waals surface area contributed by atoms with E-state index in [-0.39, 0.29) is 57.5 Å². The second-order valence-corrected chi connectivity index (χ2v) is 13.9. The van der Waals surface area contributed by atoms with Crippen molar-refractivity contribution >= 4 is 28.6 Å². The minimum absolute atomic E-state index is 0.0450. The van der Waals surface area contributed by atoms with Gasteiger partial charge in [-0.3, -0.25) is 9.59 Å². The lowest BCUT2D eigenvalue weighted by atomic mass is 10.00. The summed E-state index contributed by atoms with van der Waals surface area (Å²) in [6.45, 7) is 3.71. The van der Waals surface area contributed by atoms with Crippen molar-refractivity contribution in [2.45, 2.75) is 55.9 Å². The Morgan fingerprint density at radius 3 is 2.32 bits per heavy atom. The first-order valence-corrected chi connectivity index (χ1v) is 18.1. The third-order valence-corrected chi connectivity index (χ3v) is 10.4. The van der Waals surface area contributed by atoms with E-state index in [1.54, 1.807) is 36.3 Å². The van der Waals surface area contributed by atoms with E-state index in [4.69, 9.17) is 10.2 Å². The number of benzene rings is 4. The number of aromatic nitrogens is 1. The number of halogens is 5. The fourth-order valence-electron chi connectivity index (χ4n) is 6.43. The molecule has 1 aliphatic heterocycles. The normalized spacial score (nSPS) is 15.2. The lowest BCUT2D eigenvalue weighted by Crippen LogP contribution is -2.48. The molecule has 0 atom stereocenters. The van der Waals surface area contributed by atoms with Crippen LogP contribution in [0.5, 0.6) is 0 Å². The molecule has 1 aromatic heterocycles. The van der Waals surface area contributed by atoms with Gasteiger partial charge in [0.2, 0.25) is 5.91 Å². The third-order valence-electron chi connectivity index (χ3n) is 9.35. The minimum atomic E-state index is -4.46. The number of likely N-dealkylation sites (tertiary alicyclic amines) is 1. The first-order valence-electron chi connectivity index (χ1n) is 19.1. The summed E-state index contributed by atoms with van der Waals surface area (Å²) < 4.78 is 110. The summed E-state index contributed by atoms with van der Waals surface area (Å²) in [4.78, 5) is 32.4. The van der Waals surface area contributed by atoms with Gasteiger partial charge in [0.1, 0.15) is 6.54 Å². The first kappa shape index (κ1) is 33.1. The summed E-state index contributed by atoms with van der Waals surface area (Å²) in [5.74, 6) is -2.83. The molecule has 1 saturated heterocycles. The molecule has 12 heteroatoms. The van der Waals surface area contributed by atoms with Gasteiger partial charge in [-0.2, -0.15) is 13.2 Å². The number of pyridine rings is 1. The Hall–Kier alpha value is -4.52. The summed E-state index contributed by atoms with van der Waals surface area (Å²) in [6.07, 6.45) is -3.25. The number of fused-ring (bicyclic) bond motifs is 1. The fourth-order valence-corrected chi connectivity index (χ4v) is 7.42. The Morgan fingerprint density at radius 1 is 0.981 bits per heavy atom. The van der Waals surface area contributed by atoms with Crippen molar-refractivity contribution in [3.63, 3.8) is 0 Å². The molecule has 6 rings (SSSR count). The number of rotatable bonds is 12. The van der Waals surface area contributed by atoms with Gasteiger partial charge in [-0.25, -0.2) is 8.78 Å². The Labute approximate surface area is 314 Å². The van der Waals surface area contributed by atoms with Crippen LogP contribution in [0.15, 0.2) is 101 Å². The third kappa shape index (κ3) is 9.17. The van der Waals surface area contributed by atoms with E-state index in [0.717, 1.165) is 35.5 Å². The van der Waals surface area contributed by atoms with Crippen LogP contribution >= 0.6 is 11.8 Å². The van der Waals surface area contributed by atoms with Crippen LogP contribution in [0, 0.1) is 18.6 Å². The standard InChI is InChI=1S/C41H40F5N3O3S/c1-27-6-15-34-36(22-27)49(39(23-37(34)50)53-26-31-4-3-5-35(42)40(31)43)25-38(51)48(33-16-18-47(19-17-33)20-21-52-2)24-28-7-9-29(10-8-28)30-11-13-32(14-12-30)41(44,45)46/h3-15,22-23,33H,16-21,24-26H2,1-2H3/i6D,15D,22D,23D. The van der Waals surface area contributed by atoms with Gasteiger partial charge in [0.25, 0.3) is 0 Å². The SMILES string of the molecule is [2H]c1c(C)c([2H])c2c(c1[2H])c(=O)c([2H])c(SCc1cccc(F)c1F)n2CC(=O)N(Cc1ccc(-c2ccc(C(F)(F)F)cc2)cc1)C1CCN(CCOC)CC1. The molecule has 1 fully saturated rings. The topological polar surface area (TPSA) is 54.8 Å². The molecule has 1 aliphatic rings. The zero-order valence-corrected chi connectivity index (χ0v) is 30.0. The number of thioether (sulfide) groups is 1. The number of piperidine rings is 1. The molecule has 53 heavy (non-hydrogen) atoms. The van der Waals surface area contributed by atoms with Gasteiger partial charge in [0, 0.05) is 62.1 Å². The van der Waals surface area contributed by atoms with Crippen LogP contribution < -0.4 is 5.43 Å². The van der Waals surface area contributed by atoms with Gasteiger partial charge < -0.3 is 19.1 Å². The van der Waals surface area contributed by atoms with Crippen LogP contribution in [-0.2, 0) is 34.6 Å². The van der Waals surface area contributed by atoms with Gasteiger partial charge in [-0.15, -0.1) is 11.8 Å². The van der Waals surface area contributed by atoms with Crippen LogP contribution in [-0.4, -0.2) is 59.7 Å². The van der Waals surface area contributed by atoms with E-state index in [1.165, 1.54) is 35.8 Å². The van der Waals surface area contributed by atoms with E-state index in [1.807, 2.05) is 0 Å². The number of amides is 1. The predicted octanol–water partition coefficient (Wildman–Crippen LogP) is 8.71. The molecule has 4 aromatic carbocycles. The quantitative estimate of drug-likeness (QED) is 0.0943. The van der Waals surface area contributed by atoms with Crippen molar-refractivity contribution in [2.75, 3.05) is 33.4 Å². The van der Waals surface area contributed by atoms with Crippen molar-refractivity contribution in [3.05, 3.63) is 135 Å². The fraction of sp³-hybridized carbons (Fsp3) is 0.317. The van der Waals surface area contributed by atoms with Gasteiger partial charge in [0.15, 0.2) is 17.1 Å². The molecule has 1 amide bonds. The van der Waals surface area contributed by atoms with Gasteiger partial charge >= 0.3 is 6.18 Å². The molecule has 0 aliphatic carbocycles. The molecule has 0 unspecified atom stereocenters. The molecule has 0 saturated carbocycles. The van der Waals surface area contributed by atoms with E-state index in [2.05, 4.69) is 4.90 Å². The Balaban J connectivity index is 1.39. The summed E-state index contributed by atoms with van der Waals surface area (Å²) in [5.41, 5.74) is 0.241. The van der Waals surface area contributed by atoms with Crippen molar-refractivity contribution in [1.82, 2.24) is 14.4 Å². The highest BCUT2D eigenvalue weighted by atomic mass is 32.2. The Morgan fingerprint density at radius 2 is 1.66 bits per heavy atom. The predicted molar refractivity (Wildman–Crippen MR) is 198 cm³/mol. The molecule has 278 valence electrons. The summed E-state index contributed by atoms with van der Waals surface area (Å²) in [7, 11) is 1.62. The van der Waals surface area contributed by atoms with Crippen LogP contribution in [0.2, 0.25) is 0 Å². The van der Waals surface area contributed by atoms with Crippen molar-refractivity contribution in [3.8, 4) is 11.1 Å². The Bertz CT molecular complexity index is 2340. The zero-order chi connectivity index (χ0) is 41.2. The molecular weight excluding hydrogens is 710 g/mol. The van der Waals surface area contributed by atoms with Crippen LogP contribution in [0.1, 0.15) is 40.6 Å². The van der Waals surface area contributed by atoms with Crippen molar-refractivity contribution in [2.24, 2.45) is 0 Å². The summed E-state index contributed by atoms with van der Waals surface area (Å²) in [6, 6.07) is 13.6. The molecule has 6 nitrogen and oxygen atoms in total. The smallest absolute Gasteiger partial charge is 0.383 e. The number of nitrogens with zero attached hydrogens (tertiary/aromatic N) is 3. The molecule has 2 heterocycles. The van der Waals surface area contributed by atoms with Gasteiger partial charge in [-0.1, -0.05) is 54.6 Å². The largest absolute Gasteiger partial charge is 0.416 e. The van der Waals surface area contributed by atoms with Crippen molar-refractivity contribution in [1.29, 1.82) is 0 Å². The van der Waals surface area contributed by atoms with E-state index in [9.17, 15) is 31.5 Å². The van der Waals surface area contributed by atoms with Gasteiger partial charge in [0.05, 0.1) is 28.2 Å². The Kier molecular flexibility index (Phi) is 10.4. The highest BCUT2D eigenvalue weighted by Gasteiger charge is 2.31. The lowest BCUT2D eigenvalue weighted by molar-refractivity contribution is -0.137.